The third kappa shape index (κ3) is 4.44. The Morgan fingerprint density at radius 2 is 2.34 bits per heavy atom. The van der Waals surface area contributed by atoms with Crippen molar-refractivity contribution in [1.29, 1.82) is 0 Å². The summed E-state index contributed by atoms with van der Waals surface area (Å²) in [5.41, 5.74) is 3.15. The molecule has 1 N–H and O–H groups in total. The van der Waals surface area contributed by atoms with Crippen LogP contribution >= 0.6 is 11.3 Å². The molecule has 1 saturated heterocycles. The molecule has 4 rings (SSSR count). The van der Waals surface area contributed by atoms with E-state index in [0.29, 0.717) is 17.4 Å². The first-order valence-corrected chi connectivity index (χ1v) is 11.0. The fourth-order valence-corrected chi connectivity index (χ4v) is 5.13. The molecular formula is C21H28N4O3S. The number of methoxy groups -OCH3 is 1. The van der Waals surface area contributed by atoms with Gasteiger partial charge in [-0.25, -0.2) is 9.97 Å². The van der Waals surface area contributed by atoms with Gasteiger partial charge in [-0.2, -0.15) is 0 Å². The highest BCUT2D eigenvalue weighted by molar-refractivity contribution is 7.11. The maximum atomic E-state index is 12.8. The minimum absolute atomic E-state index is 0.00585. The van der Waals surface area contributed by atoms with E-state index in [4.69, 9.17) is 9.47 Å². The topological polar surface area (TPSA) is 76.6 Å². The molecule has 7 nitrogen and oxygen atoms in total. The number of thiazole rings is 1. The van der Waals surface area contributed by atoms with E-state index in [9.17, 15) is 4.79 Å². The average Bonchev–Trinajstić information content (AvgIpc) is 3.16. The number of amides is 1. The highest BCUT2D eigenvalue weighted by Crippen LogP contribution is 2.35. The van der Waals surface area contributed by atoms with Crippen LogP contribution in [0.5, 0.6) is 5.88 Å². The second kappa shape index (κ2) is 8.77. The fraction of sp³-hybridized carbons (Fsp3) is 0.571. The van der Waals surface area contributed by atoms with Crippen LogP contribution in [0.2, 0.25) is 0 Å². The molecule has 2 atom stereocenters. The molecule has 8 heteroatoms. The van der Waals surface area contributed by atoms with Crippen LogP contribution in [0.1, 0.15) is 46.7 Å². The maximum absolute atomic E-state index is 12.8. The summed E-state index contributed by atoms with van der Waals surface area (Å²) in [6, 6.07) is 5.86. The Balaban J connectivity index is 1.48. The Morgan fingerprint density at radius 3 is 3.14 bits per heavy atom. The number of aryl methyl sites for hydroxylation is 1. The van der Waals surface area contributed by atoms with E-state index in [2.05, 4.69) is 20.2 Å². The molecule has 1 amide bonds. The molecule has 1 saturated carbocycles. The molecule has 1 aliphatic carbocycles. The van der Waals surface area contributed by atoms with Gasteiger partial charge in [0.2, 0.25) is 5.88 Å². The van der Waals surface area contributed by atoms with Gasteiger partial charge < -0.3 is 14.8 Å². The normalized spacial score (nSPS) is 25.1. The number of morpholine rings is 1. The zero-order valence-electron chi connectivity index (χ0n) is 17.0. The van der Waals surface area contributed by atoms with Gasteiger partial charge in [0.1, 0.15) is 10.5 Å². The predicted molar refractivity (Wildman–Crippen MR) is 111 cm³/mol. The van der Waals surface area contributed by atoms with Crippen molar-refractivity contribution in [2.45, 2.75) is 50.8 Å². The summed E-state index contributed by atoms with van der Waals surface area (Å²) < 4.78 is 11.6. The SMILES string of the molecule is COc1cccc(CN2CCO[C@@]3(CCCC[C@H]3NC(=O)c3scnc3C)C2)n1. The zero-order valence-corrected chi connectivity index (χ0v) is 17.8. The molecule has 0 bridgehead atoms. The smallest absolute Gasteiger partial charge is 0.263 e. The number of pyridine rings is 1. The lowest BCUT2D eigenvalue weighted by molar-refractivity contribution is -0.143. The van der Waals surface area contributed by atoms with Crippen molar-refractivity contribution in [2.24, 2.45) is 0 Å². The zero-order chi connectivity index (χ0) is 20.3. The Bertz CT molecular complexity index is 854. The summed E-state index contributed by atoms with van der Waals surface area (Å²) in [5, 5.41) is 3.27. The van der Waals surface area contributed by atoms with Crippen molar-refractivity contribution in [3.63, 3.8) is 0 Å². The second-order valence-electron chi connectivity index (χ2n) is 7.83. The third-order valence-electron chi connectivity index (χ3n) is 5.90. The molecule has 0 unspecified atom stereocenters. The van der Waals surface area contributed by atoms with Crippen LogP contribution in [0.15, 0.2) is 23.7 Å². The summed E-state index contributed by atoms with van der Waals surface area (Å²) in [4.78, 5) is 24.7. The van der Waals surface area contributed by atoms with Crippen molar-refractivity contribution < 1.29 is 14.3 Å². The standard InChI is InChI=1S/C21H28N4O3S/c1-15-19(29-14-22-15)20(26)24-17-7-3-4-9-21(17)13-25(10-11-28-21)12-16-6-5-8-18(23-16)27-2/h5-6,8,14,17H,3-4,7,9-13H2,1-2H3,(H,24,26)/t17-,21+/m1/s1. The number of carbonyl (C=O) groups excluding carboxylic acids is 1. The monoisotopic (exact) mass is 416 g/mol. The molecule has 1 aliphatic heterocycles. The number of hydrogen-bond donors (Lipinski definition) is 1. The molecule has 3 heterocycles. The first kappa shape index (κ1) is 20.3. The van der Waals surface area contributed by atoms with E-state index < -0.39 is 0 Å². The minimum Gasteiger partial charge on any atom is -0.481 e. The van der Waals surface area contributed by atoms with Crippen molar-refractivity contribution in [3.8, 4) is 5.88 Å². The number of rotatable bonds is 5. The van der Waals surface area contributed by atoms with E-state index in [1.165, 1.54) is 11.3 Å². The first-order valence-electron chi connectivity index (χ1n) is 10.2. The van der Waals surface area contributed by atoms with Gasteiger partial charge in [0, 0.05) is 25.7 Å². The Kier molecular flexibility index (Phi) is 6.12. The van der Waals surface area contributed by atoms with Crippen molar-refractivity contribution in [2.75, 3.05) is 26.8 Å². The summed E-state index contributed by atoms with van der Waals surface area (Å²) in [7, 11) is 1.63. The maximum Gasteiger partial charge on any atom is 0.263 e. The van der Waals surface area contributed by atoms with Gasteiger partial charge in [-0.05, 0) is 25.8 Å². The van der Waals surface area contributed by atoms with Crippen LogP contribution in [-0.4, -0.2) is 59.2 Å². The lowest BCUT2D eigenvalue weighted by Crippen LogP contribution is -2.63. The van der Waals surface area contributed by atoms with Crippen molar-refractivity contribution in [3.05, 3.63) is 40.0 Å². The molecular weight excluding hydrogens is 388 g/mol. The lowest BCUT2D eigenvalue weighted by atomic mass is 9.78. The largest absolute Gasteiger partial charge is 0.481 e. The fourth-order valence-electron chi connectivity index (χ4n) is 4.42. The van der Waals surface area contributed by atoms with Gasteiger partial charge in [-0.3, -0.25) is 9.69 Å². The molecule has 156 valence electrons. The van der Waals surface area contributed by atoms with Crippen LogP contribution < -0.4 is 10.1 Å². The molecule has 1 spiro atoms. The molecule has 0 radical (unpaired) electrons. The summed E-state index contributed by atoms with van der Waals surface area (Å²) in [6.45, 7) is 4.93. The van der Waals surface area contributed by atoms with Gasteiger partial charge in [-0.1, -0.05) is 18.9 Å². The summed E-state index contributed by atoms with van der Waals surface area (Å²) >= 11 is 1.39. The Labute approximate surface area is 175 Å². The number of ether oxygens (including phenoxy) is 2. The number of nitrogens with one attached hydrogen (secondary N) is 1. The number of nitrogens with zero attached hydrogens (tertiary/aromatic N) is 3. The molecule has 2 aromatic rings. The predicted octanol–water partition coefficient (Wildman–Crippen LogP) is 2.80. The average molecular weight is 417 g/mol. The van der Waals surface area contributed by atoms with Crippen LogP contribution in [0.25, 0.3) is 0 Å². The van der Waals surface area contributed by atoms with Gasteiger partial charge in [0.15, 0.2) is 0 Å². The number of aromatic nitrogens is 2. The summed E-state index contributed by atoms with van der Waals surface area (Å²) in [6.07, 6.45) is 4.13. The Hall–Kier alpha value is -2.03. The van der Waals surface area contributed by atoms with E-state index >= 15 is 0 Å². The molecule has 2 aromatic heterocycles. The number of carbonyl (C=O) groups is 1. The van der Waals surface area contributed by atoms with Crippen LogP contribution in [0.3, 0.4) is 0 Å². The molecule has 2 aliphatic rings. The van der Waals surface area contributed by atoms with Gasteiger partial charge in [-0.15, -0.1) is 11.3 Å². The highest BCUT2D eigenvalue weighted by atomic mass is 32.1. The second-order valence-corrected chi connectivity index (χ2v) is 8.69. The van der Waals surface area contributed by atoms with Crippen molar-refractivity contribution in [1.82, 2.24) is 20.2 Å². The van der Waals surface area contributed by atoms with Gasteiger partial charge in [0.25, 0.3) is 5.91 Å². The molecule has 0 aromatic carbocycles. The quantitative estimate of drug-likeness (QED) is 0.808. The van der Waals surface area contributed by atoms with Crippen LogP contribution in [0.4, 0.5) is 0 Å². The van der Waals surface area contributed by atoms with E-state index in [1.54, 1.807) is 12.6 Å². The number of hydrogen-bond acceptors (Lipinski definition) is 7. The van der Waals surface area contributed by atoms with Crippen LogP contribution in [0, 0.1) is 6.92 Å². The highest BCUT2D eigenvalue weighted by Gasteiger charge is 2.46. The van der Waals surface area contributed by atoms with Crippen LogP contribution in [-0.2, 0) is 11.3 Å². The first-order chi connectivity index (χ1) is 14.1. The van der Waals surface area contributed by atoms with E-state index in [-0.39, 0.29) is 17.6 Å². The molecule has 2 fully saturated rings. The lowest BCUT2D eigenvalue weighted by Gasteiger charge is -2.49. The minimum atomic E-state index is -0.344. The van der Waals surface area contributed by atoms with Gasteiger partial charge >= 0.3 is 0 Å². The van der Waals surface area contributed by atoms with E-state index in [0.717, 1.165) is 56.7 Å². The Morgan fingerprint density at radius 1 is 1.45 bits per heavy atom. The van der Waals surface area contributed by atoms with E-state index in [1.807, 2.05) is 25.1 Å². The van der Waals surface area contributed by atoms with Crippen molar-refractivity contribution >= 4 is 17.2 Å². The summed E-state index contributed by atoms with van der Waals surface area (Å²) in [5.74, 6) is 0.597. The molecule has 29 heavy (non-hydrogen) atoms. The third-order valence-corrected chi connectivity index (χ3v) is 6.83. The van der Waals surface area contributed by atoms with Gasteiger partial charge in [0.05, 0.1) is 36.7 Å².